The summed E-state index contributed by atoms with van der Waals surface area (Å²) < 4.78 is 35.5. The molecule has 6 rings (SSSR count). The first kappa shape index (κ1) is 31.5. The van der Waals surface area contributed by atoms with Gasteiger partial charge in [-0.05, 0) is 79.6 Å². The van der Waals surface area contributed by atoms with Crippen molar-refractivity contribution in [2.75, 3.05) is 19.6 Å². The number of rotatable bonds is 7. The molecule has 3 aliphatic rings. The van der Waals surface area contributed by atoms with Crippen LogP contribution in [0.4, 0.5) is 4.79 Å². The van der Waals surface area contributed by atoms with Crippen LogP contribution in [-0.4, -0.2) is 55.1 Å². The molecule has 0 radical (unpaired) electrons. The van der Waals surface area contributed by atoms with Crippen molar-refractivity contribution in [3.8, 4) is 11.6 Å². The number of carbonyl (C=O) groups excluding carboxylic acids is 1. The average molecular weight is 651 g/mol. The summed E-state index contributed by atoms with van der Waals surface area (Å²) in [5.41, 5.74) is 2.21. The highest BCUT2D eigenvalue weighted by Gasteiger charge is 2.34. The Bertz CT molecular complexity index is 1660. The van der Waals surface area contributed by atoms with E-state index < -0.39 is 21.7 Å². The Balaban J connectivity index is 1.17. The van der Waals surface area contributed by atoms with Crippen LogP contribution in [0.15, 0.2) is 71.8 Å². The van der Waals surface area contributed by atoms with Gasteiger partial charge in [0.2, 0.25) is 5.88 Å². The third-order valence-electron chi connectivity index (χ3n) is 9.14. The maximum atomic E-state index is 13.5. The van der Waals surface area contributed by atoms with Gasteiger partial charge >= 0.3 is 6.03 Å². The molecule has 1 saturated carbocycles. The van der Waals surface area contributed by atoms with E-state index in [1.807, 2.05) is 36.4 Å². The lowest BCUT2D eigenvalue weighted by atomic mass is 9.84. The van der Waals surface area contributed by atoms with Gasteiger partial charge in [0.05, 0.1) is 10.5 Å². The first-order chi connectivity index (χ1) is 21.7. The van der Waals surface area contributed by atoms with Gasteiger partial charge in [-0.15, -0.1) is 0 Å². The number of nitrogens with zero attached hydrogens (tertiary/aromatic N) is 2. The lowest BCUT2D eigenvalue weighted by Gasteiger charge is -2.38. The van der Waals surface area contributed by atoms with Crippen molar-refractivity contribution in [2.45, 2.75) is 74.3 Å². The van der Waals surface area contributed by atoms with E-state index in [4.69, 9.17) is 16.3 Å². The Labute approximate surface area is 269 Å². The van der Waals surface area contributed by atoms with Crippen LogP contribution in [0, 0.1) is 0 Å². The molecule has 1 aliphatic carbocycles. The Kier molecular flexibility index (Phi) is 9.46. The molecule has 2 aromatic carbocycles. The summed E-state index contributed by atoms with van der Waals surface area (Å²) in [6, 6.07) is 15.3. The van der Waals surface area contributed by atoms with Crippen LogP contribution in [0.1, 0.15) is 68.1 Å². The highest BCUT2D eigenvalue weighted by atomic mass is 35.5. The molecular formula is C34H39ClN4O5S. The van der Waals surface area contributed by atoms with E-state index in [2.05, 4.69) is 26.0 Å². The summed E-state index contributed by atoms with van der Waals surface area (Å²) in [7, 11) is -4.18. The summed E-state index contributed by atoms with van der Waals surface area (Å²) in [6.07, 6.45) is 10.9. The Morgan fingerprint density at radius 2 is 1.82 bits per heavy atom. The zero-order valence-corrected chi connectivity index (χ0v) is 26.7. The van der Waals surface area contributed by atoms with E-state index in [0.717, 1.165) is 74.9 Å². The molecule has 3 aromatic rings. The molecule has 0 spiro atoms. The second-order valence-corrected chi connectivity index (χ2v) is 14.3. The van der Waals surface area contributed by atoms with Crippen LogP contribution >= 0.6 is 11.6 Å². The number of sulfonamides is 1. The molecule has 2 amide bonds. The van der Waals surface area contributed by atoms with Crippen molar-refractivity contribution in [2.24, 2.45) is 0 Å². The van der Waals surface area contributed by atoms with E-state index >= 15 is 0 Å². The summed E-state index contributed by atoms with van der Waals surface area (Å²) >= 11 is 6.04. The van der Waals surface area contributed by atoms with Gasteiger partial charge in [-0.25, -0.2) is 22.9 Å². The van der Waals surface area contributed by atoms with Gasteiger partial charge in [0.15, 0.2) is 0 Å². The quantitative estimate of drug-likeness (QED) is 0.280. The largest absolute Gasteiger partial charge is 0.438 e. The van der Waals surface area contributed by atoms with Gasteiger partial charge < -0.3 is 20.1 Å². The number of hydrogen-bond donors (Lipinski definition) is 3. The van der Waals surface area contributed by atoms with Crippen molar-refractivity contribution < 1.29 is 23.1 Å². The van der Waals surface area contributed by atoms with E-state index in [1.54, 1.807) is 18.3 Å². The number of amides is 2. The molecule has 3 N–H and O–H groups in total. The number of halogens is 1. The Morgan fingerprint density at radius 3 is 2.58 bits per heavy atom. The number of pyridine rings is 1. The molecule has 11 heteroatoms. The van der Waals surface area contributed by atoms with Gasteiger partial charge in [0.1, 0.15) is 5.75 Å². The summed E-state index contributed by atoms with van der Waals surface area (Å²) in [5, 5.41) is 14.7. The predicted molar refractivity (Wildman–Crippen MR) is 174 cm³/mol. The molecule has 2 fully saturated rings. The zero-order chi connectivity index (χ0) is 31.4. The summed E-state index contributed by atoms with van der Waals surface area (Å²) in [4.78, 5) is 19.5. The predicted octanol–water partition coefficient (Wildman–Crippen LogP) is 6.16. The lowest BCUT2D eigenvalue weighted by molar-refractivity contribution is -0.0254. The van der Waals surface area contributed by atoms with Crippen LogP contribution < -0.4 is 14.8 Å². The van der Waals surface area contributed by atoms with Crippen molar-refractivity contribution >= 4 is 33.2 Å². The minimum absolute atomic E-state index is 0.00927. The number of fused-ring (bicyclic) bond motifs is 2. The number of likely N-dealkylation sites (tertiary alicyclic amines) is 1. The monoisotopic (exact) mass is 650 g/mol. The minimum atomic E-state index is -4.18. The Morgan fingerprint density at radius 1 is 1.07 bits per heavy atom. The molecular weight excluding hydrogens is 612 g/mol. The smallest absolute Gasteiger partial charge is 0.328 e. The average Bonchev–Trinajstić information content (AvgIpc) is 3.19. The van der Waals surface area contributed by atoms with Gasteiger partial charge in [0, 0.05) is 54.4 Å². The van der Waals surface area contributed by atoms with Crippen molar-refractivity contribution in [3.63, 3.8) is 0 Å². The number of aliphatic hydroxyl groups is 1. The SMILES string of the molecule is O=C(NC1CCCCC1)NS(=O)(=O)c1cccc2c1CC(=CCCN1CCC(O)(c3ccc(Cl)cc3)CC1)c1cccnc1O2. The molecule has 0 unspecified atom stereocenters. The van der Waals surface area contributed by atoms with Gasteiger partial charge in [-0.1, -0.05) is 55.1 Å². The maximum Gasteiger partial charge on any atom is 0.328 e. The molecule has 3 heterocycles. The first-order valence-electron chi connectivity index (χ1n) is 15.7. The molecule has 1 aromatic heterocycles. The van der Waals surface area contributed by atoms with E-state index in [9.17, 15) is 18.3 Å². The number of hydrogen-bond acceptors (Lipinski definition) is 7. The summed E-state index contributed by atoms with van der Waals surface area (Å²) in [6.45, 7) is 2.29. The standard InChI is InChI=1S/C34H39ClN4O5S/c35-26-15-13-25(14-16-26)34(41)17-21-39(22-18-34)20-6-7-24-23-29-30(44-32-28(24)10-5-19-36-32)11-4-12-31(29)45(42,43)38-33(40)37-27-8-2-1-3-9-27/h4-5,7,10-16,19,27,41H,1-3,6,8-9,17-18,20-23H2,(H2,37,38,40). The molecule has 9 nitrogen and oxygen atoms in total. The van der Waals surface area contributed by atoms with Gasteiger partial charge in [-0.3, -0.25) is 0 Å². The fraction of sp³-hybridized carbons (Fsp3) is 0.412. The zero-order valence-electron chi connectivity index (χ0n) is 25.2. The van der Waals surface area contributed by atoms with Crippen molar-refractivity contribution in [1.82, 2.24) is 19.9 Å². The van der Waals surface area contributed by atoms with Gasteiger partial charge in [-0.2, -0.15) is 0 Å². The number of aromatic nitrogens is 1. The molecule has 238 valence electrons. The second kappa shape index (κ2) is 13.5. The highest BCUT2D eigenvalue weighted by Crippen LogP contribution is 2.40. The normalized spacial score (nSPS) is 19.6. The fourth-order valence-corrected chi connectivity index (χ4v) is 7.90. The lowest BCUT2D eigenvalue weighted by Crippen LogP contribution is -2.45. The van der Waals surface area contributed by atoms with E-state index in [-0.39, 0.29) is 10.9 Å². The number of benzene rings is 2. The molecule has 1 saturated heterocycles. The number of piperidine rings is 1. The van der Waals surface area contributed by atoms with Crippen LogP contribution in [-0.2, 0) is 22.0 Å². The Hall–Kier alpha value is -3.44. The second-order valence-electron chi connectivity index (χ2n) is 12.2. The number of allylic oxidation sites excluding steroid dienone is 1. The summed E-state index contributed by atoms with van der Waals surface area (Å²) in [5.74, 6) is 0.803. The molecule has 0 bridgehead atoms. The number of ether oxygens (including phenoxy) is 1. The fourth-order valence-electron chi connectivity index (χ4n) is 6.61. The van der Waals surface area contributed by atoms with E-state index in [1.165, 1.54) is 6.07 Å². The van der Waals surface area contributed by atoms with Crippen LogP contribution in [0.2, 0.25) is 5.02 Å². The van der Waals surface area contributed by atoms with Crippen LogP contribution in [0.5, 0.6) is 11.6 Å². The maximum absolute atomic E-state index is 13.5. The first-order valence-corrected chi connectivity index (χ1v) is 17.5. The number of urea groups is 1. The molecule has 45 heavy (non-hydrogen) atoms. The molecule has 2 aliphatic heterocycles. The highest BCUT2D eigenvalue weighted by molar-refractivity contribution is 7.90. The van der Waals surface area contributed by atoms with Crippen molar-refractivity contribution in [3.05, 3.63) is 88.6 Å². The van der Waals surface area contributed by atoms with Crippen LogP contribution in [0.3, 0.4) is 0 Å². The third-order valence-corrected chi connectivity index (χ3v) is 10.8. The number of nitrogens with one attached hydrogen (secondary N) is 2. The topological polar surface area (TPSA) is 121 Å². The van der Waals surface area contributed by atoms with Gasteiger partial charge in [0.25, 0.3) is 10.0 Å². The minimum Gasteiger partial charge on any atom is -0.438 e. The third kappa shape index (κ3) is 7.35. The van der Waals surface area contributed by atoms with E-state index in [0.29, 0.717) is 41.5 Å². The van der Waals surface area contributed by atoms with Crippen molar-refractivity contribution in [1.29, 1.82) is 0 Å². The van der Waals surface area contributed by atoms with Crippen LogP contribution in [0.25, 0.3) is 5.57 Å². The number of carbonyl (C=O) groups is 1. The molecule has 0 atom stereocenters.